The van der Waals surface area contributed by atoms with Crippen LogP contribution >= 0.6 is 0 Å². The lowest BCUT2D eigenvalue weighted by molar-refractivity contribution is -0.152. The number of amides is 1. The van der Waals surface area contributed by atoms with Crippen molar-refractivity contribution < 1.29 is 37.3 Å². The van der Waals surface area contributed by atoms with E-state index in [4.69, 9.17) is 14.2 Å². The number of nitrogens with zero attached hydrogens (tertiary/aromatic N) is 3. The summed E-state index contributed by atoms with van der Waals surface area (Å²) >= 11 is 0. The second-order valence-electron chi connectivity index (χ2n) is 10.6. The van der Waals surface area contributed by atoms with Gasteiger partial charge in [-0.2, -0.15) is 4.31 Å². The van der Waals surface area contributed by atoms with Gasteiger partial charge in [-0.05, 0) is 54.8 Å². The molecule has 3 heterocycles. The Kier molecular flexibility index (Phi) is 9.50. The quantitative estimate of drug-likeness (QED) is 0.350. The van der Waals surface area contributed by atoms with Gasteiger partial charge in [0.15, 0.2) is 5.76 Å². The van der Waals surface area contributed by atoms with Crippen LogP contribution in [0.1, 0.15) is 42.5 Å². The third-order valence-electron chi connectivity index (χ3n) is 7.83. The van der Waals surface area contributed by atoms with Crippen LogP contribution in [0.2, 0.25) is 0 Å². The number of hydrogen-bond donors (Lipinski definition) is 1. The van der Waals surface area contributed by atoms with Crippen molar-refractivity contribution in [3.05, 3.63) is 72.1 Å². The molecule has 0 spiro atoms. The van der Waals surface area contributed by atoms with Crippen LogP contribution in [-0.4, -0.2) is 91.9 Å². The minimum atomic E-state index is -3.92. The van der Waals surface area contributed by atoms with Gasteiger partial charge in [-0.25, -0.2) is 8.42 Å². The Labute approximate surface area is 251 Å². The molecule has 2 aromatic carbocycles. The number of carbonyl (C=O) groups excluding carboxylic acids is 2. The molecule has 1 N–H and O–H groups in total. The fourth-order valence-electron chi connectivity index (χ4n) is 5.61. The first-order valence-electron chi connectivity index (χ1n) is 14.4. The maximum atomic E-state index is 13.4. The second-order valence-corrected chi connectivity index (χ2v) is 12.5. The van der Waals surface area contributed by atoms with Crippen LogP contribution in [-0.2, 0) is 24.3 Å². The zero-order valence-electron chi connectivity index (χ0n) is 24.3. The van der Waals surface area contributed by atoms with Crippen LogP contribution < -0.4 is 4.74 Å². The molecular weight excluding hydrogens is 574 g/mol. The highest BCUT2D eigenvalue weighted by atomic mass is 32.2. The third kappa shape index (κ3) is 6.62. The van der Waals surface area contributed by atoms with Crippen LogP contribution in [0.25, 0.3) is 10.9 Å². The van der Waals surface area contributed by atoms with Crippen LogP contribution in [0.4, 0.5) is 0 Å². The number of sulfonamides is 1. The number of benzene rings is 2. The van der Waals surface area contributed by atoms with Gasteiger partial charge in [-0.15, -0.1) is 0 Å². The van der Waals surface area contributed by atoms with Gasteiger partial charge in [0.2, 0.25) is 22.2 Å². The molecule has 230 valence electrons. The zero-order valence-corrected chi connectivity index (χ0v) is 25.2. The second kappa shape index (κ2) is 13.3. The molecule has 0 aliphatic carbocycles. The van der Waals surface area contributed by atoms with Crippen molar-refractivity contribution in [3.63, 3.8) is 0 Å². The van der Waals surface area contributed by atoms with Crippen molar-refractivity contribution in [2.24, 2.45) is 0 Å². The van der Waals surface area contributed by atoms with E-state index in [-0.39, 0.29) is 54.7 Å². The summed E-state index contributed by atoms with van der Waals surface area (Å²) in [4.78, 5) is 27.6. The van der Waals surface area contributed by atoms with E-state index in [1.165, 1.54) is 26.2 Å². The largest absolute Gasteiger partial charge is 0.497 e. The summed E-state index contributed by atoms with van der Waals surface area (Å²) in [7, 11) is -2.42. The number of aliphatic hydroxyl groups is 1. The Morgan fingerprint density at radius 1 is 1.07 bits per heavy atom. The Morgan fingerprint density at radius 2 is 1.79 bits per heavy atom. The number of aliphatic hydroxyl groups excluding tert-OH is 1. The van der Waals surface area contributed by atoms with E-state index in [1.54, 1.807) is 33.9 Å². The van der Waals surface area contributed by atoms with Crippen molar-refractivity contribution in [1.82, 2.24) is 13.8 Å². The molecule has 12 heteroatoms. The highest BCUT2D eigenvalue weighted by molar-refractivity contribution is 7.89. The Bertz CT molecular complexity index is 1590. The Hall–Kier alpha value is -3.71. The molecule has 1 aromatic heterocycles. The number of carbonyl (C=O) groups is 2. The van der Waals surface area contributed by atoms with E-state index in [1.807, 2.05) is 24.3 Å². The van der Waals surface area contributed by atoms with Gasteiger partial charge in [0, 0.05) is 57.0 Å². The molecule has 5 rings (SSSR count). The van der Waals surface area contributed by atoms with Crippen LogP contribution in [0.5, 0.6) is 5.75 Å². The topological polar surface area (TPSA) is 128 Å². The lowest BCUT2D eigenvalue weighted by atomic mass is 9.92. The molecule has 1 saturated heterocycles. The lowest BCUT2D eigenvalue weighted by Crippen LogP contribution is -2.38. The number of para-hydroxylation sites is 1. The zero-order chi connectivity index (χ0) is 30.6. The van der Waals surface area contributed by atoms with Gasteiger partial charge in [0.1, 0.15) is 5.75 Å². The van der Waals surface area contributed by atoms with E-state index in [0.29, 0.717) is 25.3 Å². The van der Waals surface area contributed by atoms with Crippen LogP contribution in [0.15, 0.2) is 71.5 Å². The van der Waals surface area contributed by atoms with Gasteiger partial charge in [0.25, 0.3) is 5.91 Å². The highest BCUT2D eigenvalue weighted by Crippen LogP contribution is 2.37. The standard InChI is InChI=1S/C31H37N3O8S/c1-22(36)34-21-27(26-7-3-4-8-28(26)34)23-19-29(31(37)32-13-5-6-14-32)42-30(20-23)41-18-16-33(15-17-35)43(38,39)25-11-9-24(40-2)10-12-25/h3-4,7-12,19,21,23,30,35H,5-6,13-18,20H2,1-2H3/t23-,30+/m1/s1. The molecule has 0 radical (unpaired) electrons. The van der Waals surface area contributed by atoms with Gasteiger partial charge in [-0.1, -0.05) is 18.2 Å². The monoisotopic (exact) mass is 611 g/mol. The summed E-state index contributed by atoms with van der Waals surface area (Å²) < 4.78 is 46.6. The summed E-state index contributed by atoms with van der Waals surface area (Å²) in [5.41, 5.74) is 1.65. The number of allylic oxidation sites excluding steroid dienone is 1. The Morgan fingerprint density at radius 3 is 2.47 bits per heavy atom. The number of rotatable bonds is 11. The number of methoxy groups -OCH3 is 1. The third-order valence-corrected chi connectivity index (χ3v) is 9.75. The molecule has 0 unspecified atom stereocenters. The van der Waals surface area contributed by atoms with E-state index < -0.39 is 16.3 Å². The first kappa shape index (κ1) is 30.7. The number of aromatic nitrogens is 1. The van der Waals surface area contributed by atoms with E-state index in [9.17, 15) is 23.1 Å². The number of likely N-dealkylation sites (tertiary alicyclic amines) is 1. The maximum absolute atomic E-state index is 13.4. The molecule has 1 amide bonds. The van der Waals surface area contributed by atoms with Gasteiger partial charge in [0.05, 0.1) is 30.7 Å². The van der Waals surface area contributed by atoms with E-state index >= 15 is 0 Å². The highest BCUT2D eigenvalue weighted by Gasteiger charge is 2.34. The average molecular weight is 612 g/mol. The molecule has 1 fully saturated rings. The maximum Gasteiger partial charge on any atom is 0.288 e. The predicted molar refractivity (Wildman–Crippen MR) is 159 cm³/mol. The number of hydrogen-bond acceptors (Lipinski definition) is 8. The van der Waals surface area contributed by atoms with Crippen molar-refractivity contribution in [1.29, 1.82) is 0 Å². The van der Waals surface area contributed by atoms with E-state index in [0.717, 1.165) is 33.6 Å². The molecule has 2 aliphatic rings. The fourth-order valence-corrected chi connectivity index (χ4v) is 7.03. The SMILES string of the molecule is COc1ccc(S(=O)(=O)N(CCO)CCO[C@@H]2C[C@H](c3cn(C(C)=O)c4ccccc34)C=C(C(=O)N3CCCC3)O2)cc1. The van der Waals surface area contributed by atoms with Crippen molar-refractivity contribution in [2.75, 3.05) is 46.5 Å². The molecule has 0 bridgehead atoms. The molecule has 11 nitrogen and oxygen atoms in total. The van der Waals surface area contributed by atoms with Crippen LogP contribution in [0, 0.1) is 0 Å². The minimum absolute atomic E-state index is 0.0346. The number of ether oxygens (including phenoxy) is 3. The van der Waals surface area contributed by atoms with Crippen molar-refractivity contribution in [3.8, 4) is 5.75 Å². The minimum Gasteiger partial charge on any atom is -0.497 e. The fraction of sp³-hybridized carbons (Fsp3) is 0.419. The van der Waals surface area contributed by atoms with Gasteiger partial charge >= 0.3 is 0 Å². The van der Waals surface area contributed by atoms with E-state index in [2.05, 4.69) is 0 Å². The summed E-state index contributed by atoms with van der Waals surface area (Å²) in [6, 6.07) is 13.6. The summed E-state index contributed by atoms with van der Waals surface area (Å²) in [6.07, 6.45) is 4.98. The molecular formula is C31H37N3O8S. The van der Waals surface area contributed by atoms with Crippen LogP contribution in [0.3, 0.4) is 0 Å². The lowest BCUT2D eigenvalue weighted by Gasteiger charge is -2.31. The first-order valence-corrected chi connectivity index (χ1v) is 15.8. The normalized spacial score (nSPS) is 19.0. The average Bonchev–Trinajstić information content (AvgIpc) is 3.69. The molecule has 43 heavy (non-hydrogen) atoms. The van der Waals surface area contributed by atoms with Gasteiger partial charge < -0.3 is 24.2 Å². The predicted octanol–water partition coefficient (Wildman–Crippen LogP) is 3.35. The van der Waals surface area contributed by atoms with Crippen molar-refractivity contribution in [2.45, 2.75) is 43.3 Å². The Balaban J connectivity index is 1.36. The molecule has 2 aliphatic heterocycles. The molecule has 0 saturated carbocycles. The molecule has 2 atom stereocenters. The number of fused-ring (bicyclic) bond motifs is 1. The first-order chi connectivity index (χ1) is 20.7. The van der Waals surface area contributed by atoms with Gasteiger partial charge in [-0.3, -0.25) is 14.2 Å². The summed E-state index contributed by atoms with van der Waals surface area (Å²) in [6.45, 7) is 2.25. The molecule has 3 aromatic rings. The summed E-state index contributed by atoms with van der Waals surface area (Å²) in [5.74, 6) is 0.0822. The van der Waals surface area contributed by atoms with Crippen molar-refractivity contribution >= 4 is 32.7 Å². The summed E-state index contributed by atoms with van der Waals surface area (Å²) in [5, 5.41) is 10.5. The smallest absolute Gasteiger partial charge is 0.288 e.